The second kappa shape index (κ2) is 7.21. The number of hydrogen-bond donors (Lipinski definition) is 2. The SMILES string of the molecule is CCC(CC)NC(=O)CNc1cccc(Cl)c1F. The predicted molar refractivity (Wildman–Crippen MR) is 72.4 cm³/mol. The van der Waals surface area contributed by atoms with Gasteiger partial charge in [0.2, 0.25) is 5.91 Å². The molecule has 0 saturated heterocycles. The van der Waals surface area contributed by atoms with Crippen LogP contribution in [-0.4, -0.2) is 18.5 Å². The molecule has 0 bridgehead atoms. The van der Waals surface area contributed by atoms with E-state index in [1.807, 2.05) is 13.8 Å². The Hall–Kier alpha value is -1.29. The maximum absolute atomic E-state index is 13.5. The van der Waals surface area contributed by atoms with E-state index in [1.165, 1.54) is 6.07 Å². The first-order valence-corrected chi connectivity index (χ1v) is 6.43. The van der Waals surface area contributed by atoms with Gasteiger partial charge in [-0.2, -0.15) is 0 Å². The lowest BCUT2D eigenvalue weighted by molar-refractivity contribution is -0.120. The van der Waals surface area contributed by atoms with E-state index >= 15 is 0 Å². The summed E-state index contributed by atoms with van der Waals surface area (Å²) in [7, 11) is 0. The molecule has 0 heterocycles. The highest BCUT2D eigenvalue weighted by atomic mass is 35.5. The smallest absolute Gasteiger partial charge is 0.239 e. The number of halogens is 2. The van der Waals surface area contributed by atoms with E-state index in [2.05, 4.69) is 10.6 Å². The van der Waals surface area contributed by atoms with Crippen molar-refractivity contribution in [2.24, 2.45) is 0 Å². The molecular weight excluding hydrogens is 255 g/mol. The van der Waals surface area contributed by atoms with Crippen LogP contribution in [0.15, 0.2) is 18.2 Å². The Labute approximate surface area is 112 Å². The third-order valence-electron chi connectivity index (χ3n) is 2.74. The normalized spacial score (nSPS) is 10.5. The molecule has 18 heavy (non-hydrogen) atoms. The van der Waals surface area contributed by atoms with Crippen LogP contribution < -0.4 is 10.6 Å². The Morgan fingerprint density at radius 1 is 1.39 bits per heavy atom. The van der Waals surface area contributed by atoms with Crippen molar-refractivity contribution in [3.63, 3.8) is 0 Å². The summed E-state index contributed by atoms with van der Waals surface area (Å²) in [5, 5.41) is 5.64. The molecule has 0 fully saturated rings. The zero-order valence-electron chi connectivity index (χ0n) is 10.6. The molecule has 1 rings (SSSR count). The molecular formula is C13H18ClFN2O. The van der Waals surface area contributed by atoms with Gasteiger partial charge >= 0.3 is 0 Å². The van der Waals surface area contributed by atoms with Crippen molar-refractivity contribution >= 4 is 23.2 Å². The summed E-state index contributed by atoms with van der Waals surface area (Å²) in [6, 6.07) is 4.81. The number of carbonyl (C=O) groups excluding carboxylic acids is 1. The highest BCUT2D eigenvalue weighted by molar-refractivity contribution is 6.31. The molecule has 0 spiro atoms. The molecule has 0 unspecified atom stereocenters. The van der Waals surface area contributed by atoms with Crippen molar-refractivity contribution in [1.82, 2.24) is 5.32 Å². The van der Waals surface area contributed by atoms with Crippen molar-refractivity contribution in [3.8, 4) is 0 Å². The van der Waals surface area contributed by atoms with Gasteiger partial charge < -0.3 is 10.6 Å². The summed E-state index contributed by atoms with van der Waals surface area (Å²) in [5.41, 5.74) is 0.238. The van der Waals surface area contributed by atoms with Crippen LogP contribution in [0.25, 0.3) is 0 Å². The van der Waals surface area contributed by atoms with Gasteiger partial charge in [-0.15, -0.1) is 0 Å². The topological polar surface area (TPSA) is 41.1 Å². The molecule has 1 aromatic carbocycles. The van der Waals surface area contributed by atoms with Crippen LogP contribution in [0.1, 0.15) is 26.7 Å². The average Bonchev–Trinajstić information content (AvgIpc) is 2.37. The van der Waals surface area contributed by atoms with Gasteiger partial charge in [-0.3, -0.25) is 4.79 Å². The van der Waals surface area contributed by atoms with Crippen molar-refractivity contribution in [3.05, 3.63) is 29.0 Å². The van der Waals surface area contributed by atoms with Crippen molar-refractivity contribution in [2.75, 3.05) is 11.9 Å². The standard InChI is InChI=1S/C13H18ClFN2O/c1-3-9(4-2)17-12(18)8-16-11-7-5-6-10(14)13(11)15/h5-7,9,16H,3-4,8H2,1-2H3,(H,17,18). The molecule has 0 saturated carbocycles. The summed E-state index contributed by atoms with van der Waals surface area (Å²) >= 11 is 5.64. The minimum atomic E-state index is -0.533. The molecule has 100 valence electrons. The number of rotatable bonds is 6. The fraction of sp³-hybridized carbons (Fsp3) is 0.462. The molecule has 3 nitrogen and oxygen atoms in total. The highest BCUT2D eigenvalue weighted by Gasteiger charge is 2.10. The Morgan fingerprint density at radius 3 is 2.67 bits per heavy atom. The van der Waals surface area contributed by atoms with E-state index in [0.29, 0.717) is 0 Å². The molecule has 0 aliphatic rings. The van der Waals surface area contributed by atoms with Gasteiger partial charge in [0.15, 0.2) is 5.82 Å². The monoisotopic (exact) mass is 272 g/mol. The maximum Gasteiger partial charge on any atom is 0.239 e. The van der Waals surface area contributed by atoms with Crippen molar-refractivity contribution in [1.29, 1.82) is 0 Å². The number of amides is 1. The minimum absolute atomic E-state index is 0.0355. The van der Waals surface area contributed by atoms with Crippen LogP contribution >= 0.6 is 11.6 Å². The number of nitrogens with one attached hydrogen (secondary N) is 2. The molecule has 0 aromatic heterocycles. The lowest BCUT2D eigenvalue weighted by atomic mass is 10.2. The van der Waals surface area contributed by atoms with Crippen LogP contribution in [0.4, 0.5) is 10.1 Å². The third kappa shape index (κ3) is 4.18. The van der Waals surface area contributed by atoms with Crippen molar-refractivity contribution in [2.45, 2.75) is 32.7 Å². The van der Waals surface area contributed by atoms with E-state index in [4.69, 9.17) is 11.6 Å². The zero-order chi connectivity index (χ0) is 13.5. The van der Waals surface area contributed by atoms with Gasteiger partial charge in [-0.25, -0.2) is 4.39 Å². The zero-order valence-corrected chi connectivity index (χ0v) is 11.4. The first-order chi connectivity index (χ1) is 8.58. The number of benzene rings is 1. The number of anilines is 1. The molecule has 2 N–H and O–H groups in total. The summed E-state index contributed by atoms with van der Waals surface area (Å²) in [6.07, 6.45) is 1.77. The van der Waals surface area contributed by atoms with E-state index in [9.17, 15) is 9.18 Å². The van der Waals surface area contributed by atoms with Gasteiger partial charge in [-0.05, 0) is 25.0 Å². The van der Waals surface area contributed by atoms with E-state index in [1.54, 1.807) is 12.1 Å². The molecule has 0 atom stereocenters. The van der Waals surface area contributed by atoms with E-state index in [-0.39, 0.29) is 29.2 Å². The largest absolute Gasteiger partial charge is 0.374 e. The van der Waals surface area contributed by atoms with Gasteiger partial charge in [0, 0.05) is 6.04 Å². The fourth-order valence-electron chi connectivity index (χ4n) is 1.59. The fourth-order valence-corrected chi connectivity index (χ4v) is 1.76. The summed E-state index contributed by atoms with van der Waals surface area (Å²) in [5.74, 6) is -0.683. The first-order valence-electron chi connectivity index (χ1n) is 6.05. The predicted octanol–water partition coefficient (Wildman–Crippen LogP) is 3.20. The molecule has 5 heteroatoms. The highest BCUT2D eigenvalue weighted by Crippen LogP contribution is 2.21. The molecule has 0 aliphatic carbocycles. The lowest BCUT2D eigenvalue weighted by Gasteiger charge is -2.15. The quantitative estimate of drug-likeness (QED) is 0.835. The van der Waals surface area contributed by atoms with Gasteiger partial charge in [0.1, 0.15) is 0 Å². The maximum atomic E-state index is 13.5. The second-order valence-electron chi connectivity index (χ2n) is 4.04. The molecule has 0 aliphatic heterocycles. The number of carbonyl (C=O) groups is 1. The Morgan fingerprint density at radius 2 is 2.06 bits per heavy atom. The van der Waals surface area contributed by atoms with Crippen LogP contribution in [-0.2, 0) is 4.79 Å². The van der Waals surface area contributed by atoms with Crippen LogP contribution in [0.3, 0.4) is 0 Å². The molecule has 1 aromatic rings. The Kier molecular flexibility index (Phi) is 5.92. The molecule has 0 radical (unpaired) electrons. The van der Waals surface area contributed by atoms with Crippen molar-refractivity contribution < 1.29 is 9.18 Å². The van der Waals surface area contributed by atoms with Crippen LogP contribution in [0.2, 0.25) is 5.02 Å². The van der Waals surface area contributed by atoms with Crippen LogP contribution in [0.5, 0.6) is 0 Å². The van der Waals surface area contributed by atoms with E-state index in [0.717, 1.165) is 12.8 Å². The average molecular weight is 273 g/mol. The minimum Gasteiger partial charge on any atom is -0.374 e. The van der Waals surface area contributed by atoms with Gasteiger partial charge in [-0.1, -0.05) is 31.5 Å². The van der Waals surface area contributed by atoms with Gasteiger partial charge in [0.25, 0.3) is 0 Å². The van der Waals surface area contributed by atoms with Crippen LogP contribution in [0, 0.1) is 5.82 Å². The summed E-state index contributed by atoms with van der Waals surface area (Å²) in [4.78, 5) is 11.6. The summed E-state index contributed by atoms with van der Waals surface area (Å²) < 4.78 is 13.5. The van der Waals surface area contributed by atoms with Gasteiger partial charge in [0.05, 0.1) is 17.3 Å². The number of hydrogen-bond acceptors (Lipinski definition) is 2. The third-order valence-corrected chi connectivity index (χ3v) is 3.03. The second-order valence-corrected chi connectivity index (χ2v) is 4.44. The molecule has 1 amide bonds. The lowest BCUT2D eigenvalue weighted by Crippen LogP contribution is -2.37. The van der Waals surface area contributed by atoms with E-state index < -0.39 is 5.82 Å². The Bertz CT molecular complexity index is 408. The Balaban J connectivity index is 2.50. The first kappa shape index (κ1) is 14.8. The summed E-state index contributed by atoms with van der Waals surface area (Å²) in [6.45, 7) is 4.06.